The largest absolute Gasteiger partial charge is 0.497 e. The van der Waals surface area contributed by atoms with Crippen LogP contribution in [0.2, 0.25) is 0 Å². The number of nitrogens with zero attached hydrogens (tertiary/aromatic N) is 1. The molecule has 0 heterocycles. The number of rotatable bonds is 7. The number of hydrazone groups is 1. The first-order valence-corrected chi connectivity index (χ1v) is 7.36. The molecule has 1 N–H and O–H groups in total. The van der Waals surface area contributed by atoms with Gasteiger partial charge in [0.25, 0.3) is 5.91 Å². The molecule has 1 amide bonds. The summed E-state index contributed by atoms with van der Waals surface area (Å²) in [7, 11) is 3.14. The Hall–Kier alpha value is -3.02. The fourth-order valence-corrected chi connectivity index (χ4v) is 2.00. The Balaban J connectivity index is 1.90. The molecule has 2 rings (SSSR count). The van der Waals surface area contributed by atoms with Crippen LogP contribution >= 0.6 is 0 Å². The van der Waals surface area contributed by atoms with Gasteiger partial charge in [0.1, 0.15) is 17.2 Å². The van der Waals surface area contributed by atoms with Crippen molar-refractivity contribution in [1.82, 2.24) is 5.43 Å². The number of carbonyl (C=O) groups is 1. The van der Waals surface area contributed by atoms with Gasteiger partial charge in [0.2, 0.25) is 0 Å². The van der Waals surface area contributed by atoms with Gasteiger partial charge >= 0.3 is 0 Å². The molecule has 0 aromatic heterocycles. The van der Waals surface area contributed by atoms with E-state index in [9.17, 15) is 4.79 Å². The number of aryl methyl sites for hydroxylation is 1. The lowest BCUT2D eigenvalue weighted by Crippen LogP contribution is -2.24. The van der Waals surface area contributed by atoms with Crippen LogP contribution in [0.5, 0.6) is 17.2 Å². The van der Waals surface area contributed by atoms with Crippen LogP contribution in [0.3, 0.4) is 0 Å². The number of ether oxygens (including phenoxy) is 3. The van der Waals surface area contributed by atoms with Gasteiger partial charge in [0.15, 0.2) is 6.61 Å². The standard InChI is InChI=1S/C18H20N2O4/c1-13-5-4-6-16(9-13)24-12-18(21)20-19-11-14-10-15(22-2)7-8-17(14)23-3/h4-11H,12H2,1-3H3,(H,20,21). The third-order valence-electron chi connectivity index (χ3n) is 3.19. The van der Waals surface area contributed by atoms with Crippen LogP contribution in [-0.2, 0) is 4.79 Å². The summed E-state index contributed by atoms with van der Waals surface area (Å²) in [6.45, 7) is 1.84. The second-order valence-electron chi connectivity index (χ2n) is 5.01. The van der Waals surface area contributed by atoms with Gasteiger partial charge in [-0.05, 0) is 42.8 Å². The summed E-state index contributed by atoms with van der Waals surface area (Å²) in [5.41, 5.74) is 4.17. The minimum absolute atomic E-state index is 0.115. The van der Waals surface area contributed by atoms with Crippen LogP contribution in [0.25, 0.3) is 0 Å². The summed E-state index contributed by atoms with van der Waals surface area (Å²) in [6, 6.07) is 12.8. The summed E-state index contributed by atoms with van der Waals surface area (Å²) >= 11 is 0. The fraction of sp³-hybridized carbons (Fsp3) is 0.222. The van der Waals surface area contributed by atoms with Crippen molar-refractivity contribution in [2.24, 2.45) is 5.10 Å². The Morgan fingerprint density at radius 3 is 2.67 bits per heavy atom. The summed E-state index contributed by atoms with van der Waals surface area (Å²) in [5.74, 6) is 1.59. The highest BCUT2D eigenvalue weighted by Crippen LogP contribution is 2.22. The van der Waals surface area contributed by atoms with Crippen molar-refractivity contribution in [1.29, 1.82) is 0 Å². The molecule has 0 unspecified atom stereocenters. The highest BCUT2D eigenvalue weighted by molar-refractivity contribution is 5.86. The molecule has 126 valence electrons. The molecular weight excluding hydrogens is 308 g/mol. The second kappa shape index (κ2) is 8.57. The van der Waals surface area contributed by atoms with E-state index in [1.54, 1.807) is 38.5 Å². The smallest absolute Gasteiger partial charge is 0.277 e. The van der Waals surface area contributed by atoms with E-state index in [4.69, 9.17) is 14.2 Å². The molecule has 0 fully saturated rings. The van der Waals surface area contributed by atoms with Gasteiger partial charge in [-0.3, -0.25) is 4.79 Å². The summed E-state index contributed by atoms with van der Waals surface area (Å²) < 4.78 is 15.8. The molecule has 6 heteroatoms. The molecule has 0 saturated heterocycles. The first kappa shape index (κ1) is 17.3. The average Bonchev–Trinajstić information content (AvgIpc) is 2.60. The maximum absolute atomic E-state index is 11.8. The van der Waals surface area contributed by atoms with Gasteiger partial charge in [-0.25, -0.2) is 5.43 Å². The molecule has 2 aromatic carbocycles. The van der Waals surface area contributed by atoms with Crippen molar-refractivity contribution in [2.75, 3.05) is 20.8 Å². The van der Waals surface area contributed by atoms with E-state index in [0.717, 1.165) is 5.56 Å². The number of methoxy groups -OCH3 is 2. The summed E-state index contributed by atoms with van der Waals surface area (Å²) in [4.78, 5) is 11.8. The molecule has 0 saturated carbocycles. The van der Waals surface area contributed by atoms with E-state index in [0.29, 0.717) is 22.8 Å². The molecule has 0 aliphatic heterocycles. The van der Waals surface area contributed by atoms with Gasteiger partial charge in [-0.15, -0.1) is 0 Å². The number of hydrogen-bond acceptors (Lipinski definition) is 5. The van der Waals surface area contributed by atoms with Gasteiger partial charge in [0.05, 0.1) is 20.4 Å². The number of amides is 1. The normalized spacial score (nSPS) is 10.5. The quantitative estimate of drug-likeness (QED) is 0.626. The zero-order chi connectivity index (χ0) is 17.4. The minimum Gasteiger partial charge on any atom is -0.497 e. The monoisotopic (exact) mass is 328 g/mol. The second-order valence-corrected chi connectivity index (χ2v) is 5.01. The number of nitrogens with one attached hydrogen (secondary N) is 1. The highest BCUT2D eigenvalue weighted by atomic mass is 16.5. The van der Waals surface area contributed by atoms with E-state index in [1.807, 2.05) is 25.1 Å². The zero-order valence-corrected chi connectivity index (χ0v) is 13.9. The molecule has 0 aliphatic carbocycles. The van der Waals surface area contributed by atoms with Crippen LogP contribution in [0.1, 0.15) is 11.1 Å². The molecule has 24 heavy (non-hydrogen) atoms. The van der Waals surface area contributed by atoms with E-state index >= 15 is 0 Å². The minimum atomic E-state index is -0.352. The third kappa shape index (κ3) is 5.01. The van der Waals surface area contributed by atoms with Crippen LogP contribution in [0.4, 0.5) is 0 Å². The molecule has 0 aliphatic rings. The predicted octanol–water partition coefficient (Wildman–Crippen LogP) is 2.54. The van der Waals surface area contributed by atoms with Gasteiger partial charge < -0.3 is 14.2 Å². The van der Waals surface area contributed by atoms with E-state index in [2.05, 4.69) is 10.5 Å². The fourth-order valence-electron chi connectivity index (χ4n) is 2.00. The lowest BCUT2D eigenvalue weighted by molar-refractivity contribution is -0.123. The van der Waals surface area contributed by atoms with Crippen molar-refractivity contribution in [3.8, 4) is 17.2 Å². The van der Waals surface area contributed by atoms with Crippen molar-refractivity contribution in [3.05, 3.63) is 53.6 Å². The first-order valence-electron chi connectivity index (χ1n) is 7.36. The van der Waals surface area contributed by atoms with Crippen molar-refractivity contribution in [3.63, 3.8) is 0 Å². The summed E-state index contributed by atoms with van der Waals surface area (Å²) in [5, 5.41) is 3.92. The van der Waals surface area contributed by atoms with Crippen LogP contribution in [0.15, 0.2) is 47.6 Å². The van der Waals surface area contributed by atoms with E-state index in [1.165, 1.54) is 6.21 Å². The topological polar surface area (TPSA) is 69.2 Å². The number of benzene rings is 2. The molecule has 0 bridgehead atoms. The van der Waals surface area contributed by atoms with Crippen LogP contribution in [0, 0.1) is 6.92 Å². The number of carbonyl (C=O) groups excluding carboxylic acids is 1. The zero-order valence-electron chi connectivity index (χ0n) is 13.9. The van der Waals surface area contributed by atoms with Gasteiger partial charge in [0, 0.05) is 5.56 Å². The first-order chi connectivity index (χ1) is 11.6. The van der Waals surface area contributed by atoms with E-state index < -0.39 is 0 Å². The average molecular weight is 328 g/mol. The van der Waals surface area contributed by atoms with Crippen LogP contribution in [-0.4, -0.2) is 32.9 Å². The Labute approximate surface area is 141 Å². The molecule has 0 atom stereocenters. The predicted molar refractivity (Wildman–Crippen MR) is 92.0 cm³/mol. The maximum Gasteiger partial charge on any atom is 0.277 e. The molecule has 6 nitrogen and oxygen atoms in total. The molecule has 2 aromatic rings. The SMILES string of the molecule is COc1ccc(OC)c(C=NNC(=O)COc2cccc(C)c2)c1. The Morgan fingerprint density at radius 2 is 1.96 bits per heavy atom. The van der Waals surface area contributed by atoms with Gasteiger partial charge in [-0.1, -0.05) is 12.1 Å². The third-order valence-corrected chi connectivity index (χ3v) is 3.19. The van der Waals surface area contributed by atoms with E-state index in [-0.39, 0.29) is 12.5 Å². The van der Waals surface area contributed by atoms with Crippen molar-refractivity contribution < 1.29 is 19.0 Å². The summed E-state index contributed by atoms with van der Waals surface area (Å²) in [6.07, 6.45) is 1.49. The maximum atomic E-state index is 11.8. The highest BCUT2D eigenvalue weighted by Gasteiger charge is 2.04. The molecule has 0 radical (unpaired) electrons. The lowest BCUT2D eigenvalue weighted by atomic mass is 10.2. The molecular formula is C18H20N2O4. The number of hydrogen-bond donors (Lipinski definition) is 1. The Bertz CT molecular complexity index is 729. The van der Waals surface area contributed by atoms with Crippen molar-refractivity contribution in [2.45, 2.75) is 6.92 Å². The Kier molecular flexibility index (Phi) is 6.19. The van der Waals surface area contributed by atoms with Crippen molar-refractivity contribution >= 4 is 12.1 Å². The molecule has 0 spiro atoms. The lowest BCUT2D eigenvalue weighted by Gasteiger charge is -2.07. The Morgan fingerprint density at radius 1 is 1.12 bits per heavy atom. The van der Waals surface area contributed by atoms with Crippen LogP contribution < -0.4 is 19.6 Å². The van der Waals surface area contributed by atoms with Gasteiger partial charge in [-0.2, -0.15) is 5.10 Å².